The Morgan fingerprint density at radius 3 is 2.94 bits per heavy atom. The Morgan fingerprint density at radius 1 is 1.35 bits per heavy atom. The number of hydrogen-bond acceptors (Lipinski definition) is 4. The molecule has 2 rings (SSSR count). The van der Waals surface area contributed by atoms with Crippen molar-refractivity contribution in [2.45, 2.75) is 26.2 Å². The second-order valence-corrected chi connectivity index (χ2v) is 4.80. The first-order chi connectivity index (χ1) is 8.22. The largest absolute Gasteiger partial charge is 0.383 e. The van der Waals surface area contributed by atoms with Crippen LogP contribution in [-0.4, -0.2) is 20.2 Å². The highest BCUT2D eigenvalue weighted by Gasteiger charge is 2.10. The van der Waals surface area contributed by atoms with Crippen molar-refractivity contribution in [1.29, 1.82) is 0 Å². The molecule has 0 spiro atoms. The quantitative estimate of drug-likeness (QED) is 0.660. The molecule has 90 valence electrons. The molecule has 0 saturated carbocycles. The Morgan fingerprint density at radius 2 is 2.18 bits per heavy atom. The molecule has 0 atom stereocenters. The van der Waals surface area contributed by atoms with Crippen molar-refractivity contribution in [2.75, 3.05) is 5.73 Å². The van der Waals surface area contributed by atoms with Gasteiger partial charge in [-0.2, -0.15) is 5.10 Å². The van der Waals surface area contributed by atoms with Crippen LogP contribution in [0.3, 0.4) is 0 Å². The van der Waals surface area contributed by atoms with Crippen LogP contribution < -0.4 is 5.73 Å². The second-order valence-electron chi connectivity index (χ2n) is 3.73. The lowest BCUT2D eigenvalue weighted by molar-refractivity contribution is 0.943. The molecule has 0 aliphatic carbocycles. The summed E-state index contributed by atoms with van der Waals surface area (Å²) in [5, 5.41) is 7.77. The van der Waals surface area contributed by atoms with Gasteiger partial charge in [0.05, 0.1) is 5.39 Å². The number of nitrogen functional groups attached to an aromatic ring is 1. The summed E-state index contributed by atoms with van der Waals surface area (Å²) in [6.45, 7) is 2.15. The summed E-state index contributed by atoms with van der Waals surface area (Å²) in [5.74, 6) is 1.21. The molecule has 2 aromatic rings. The summed E-state index contributed by atoms with van der Waals surface area (Å²) in [7, 11) is 0. The minimum atomic E-state index is 0.493. The van der Waals surface area contributed by atoms with Crippen molar-refractivity contribution in [1.82, 2.24) is 20.2 Å². The maximum Gasteiger partial charge on any atom is 0.187 e. The number of unbranched alkanes of at least 4 members (excludes halogenated alkanes) is 1. The van der Waals surface area contributed by atoms with Gasteiger partial charge < -0.3 is 5.73 Å². The van der Waals surface area contributed by atoms with E-state index in [9.17, 15) is 0 Å². The van der Waals surface area contributed by atoms with E-state index in [0.717, 1.165) is 21.9 Å². The Balaban J connectivity index is 2.25. The summed E-state index contributed by atoms with van der Waals surface area (Å²) in [5.41, 5.74) is 6.53. The van der Waals surface area contributed by atoms with Crippen molar-refractivity contribution in [2.24, 2.45) is 0 Å². The minimum absolute atomic E-state index is 0.493. The third-order valence-corrected chi connectivity index (χ3v) is 3.15. The number of nitrogens with two attached hydrogens (primary N) is 1. The first-order valence-corrected chi connectivity index (χ1v) is 6.61. The van der Waals surface area contributed by atoms with Crippen LogP contribution in [0.2, 0.25) is 0 Å². The lowest BCUT2D eigenvalue weighted by Crippen LogP contribution is -2.00. The SMILES string of the molecule is CCCC=CCc1nc(N)c2c(I)[nH]nc2n1. The molecular formula is C11H14IN5. The molecule has 0 aromatic carbocycles. The molecular weight excluding hydrogens is 329 g/mol. The number of hydrogen-bond donors (Lipinski definition) is 2. The fourth-order valence-corrected chi connectivity index (χ4v) is 2.16. The zero-order valence-electron chi connectivity index (χ0n) is 9.57. The Hall–Kier alpha value is -1.18. The van der Waals surface area contributed by atoms with Crippen molar-refractivity contribution in [3.8, 4) is 0 Å². The highest BCUT2D eigenvalue weighted by Crippen LogP contribution is 2.21. The molecule has 0 fully saturated rings. The van der Waals surface area contributed by atoms with Crippen LogP contribution in [0.15, 0.2) is 12.2 Å². The summed E-state index contributed by atoms with van der Waals surface area (Å²) in [4.78, 5) is 8.65. The number of aromatic amines is 1. The monoisotopic (exact) mass is 343 g/mol. The lowest BCUT2D eigenvalue weighted by atomic mass is 10.2. The molecule has 0 amide bonds. The van der Waals surface area contributed by atoms with Gasteiger partial charge in [-0.15, -0.1) is 0 Å². The van der Waals surface area contributed by atoms with E-state index in [4.69, 9.17) is 5.73 Å². The summed E-state index contributed by atoms with van der Waals surface area (Å²) in [6.07, 6.45) is 7.14. The highest BCUT2D eigenvalue weighted by molar-refractivity contribution is 14.1. The number of nitrogens with zero attached hydrogens (tertiary/aromatic N) is 3. The average molecular weight is 343 g/mol. The van der Waals surface area contributed by atoms with Crippen molar-refractivity contribution >= 4 is 39.4 Å². The maximum atomic E-state index is 5.89. The third kappa shape index (κ3) is 2.74. The number of allylic oxidation sites excluding steroid dienone is 2. The average Bonchev–Trinajstić information content (AvgIpc) is 2.67. The van der Waals surface area contributed by atoms with Gasteiger partial charge >= 0.3 is 0 Å². The van der Waals surface area contributed by atoms with Gasteiger partial charge in [0.15, 0.2) is 5.65 Å². The van der Waals surface area contributed by atoms with E-state index in [2.05, 4.69) is 61.8 Å². The van der Waals surface area contributed by atoms with Gasteiger partial charge in [-0.25, -0.2) is 9.97 Å². The number of fused-ring (bicyclic) bond motifs is 1. The first kappa shape index (κ1) is 12.3. The molecule has 0 unspecified atom stereocenters. The zero-order valence-corrected chi connectivity index (χ0v) is 11.7. The minimum Gasteiger partial charge on any atom is -0.383 e. The number of anilines is 1. The van der Waals surface area contributed by atoms with Crippen molar-refractivity contribution < 1.29 is 0 Å². The van der Waals surface area contributed by atoms with Crippen LogP contribution >= 0.6 is 22.6 Å². The standard InChI is InChI=1S/C11H14IN5/c1-2-3-4-5-6-7-14-10(13)8-9(12)16-17-11(8)15-7/h4-5H,2-3,6H2,1H3,(H3,13,14,15,16,17). The van der Waals surface area contributed by atoms with E-state index in [0.29, 0.717) is 23.7 Å². The molecule has 0 bridgehead atoms. The van der Waals surface area contributed by atoms with Crippen LogP contribution in [0, 0.1) is 3.70 Å². The van der Waals surface area contributed by atoms with Crippen LogP contribution in [0.4, 0.5) is 5.82 Å². The van der Waals surface area contributed by atoms with E-state index in [1.807, 2.05) is 0 Å². The molecule has 5 nitrogen and oxygen atoms in total. The van der Waals surface area contributed by atoms with Gasteiger partial charge in [0.2, 0.25) is 0 Å². The fraction of sp³-hybridized carbons (Fsp3) is 0.364. The molecule has 6 heteroatoms. The molecule has 3 N–H and O–H groups in total. The zero-order chi connectivity index (χ0) is 12.3. The maximum absolute atomic E-state index is 5.89. The predicted molar refractivity (Wildman–Crippen MR) is 76.6 cm³/mol. The molecule has 0 radical (unpaired) electrons. The van der Waals surface area contributed by atoms with Crippen LogP contribution in [0.1, 0.15) is 25.6 Å². The molecule has 2 heterocycles. The van der Waals surface area contributed by atoms with Crippen LogP contribution in [0.5, 0.6) is 0 Å². The van der Waals surface area contributed by atoms with E-state index in [-0.39, 0.29) is 0 Å². The normalized spacial score (nSPS) is 11.6. The fourth-order valence-electron chi connectivity index (χ4n) is 1.53. The van der Waals surface area contributed by atoms with Gasteiger partial charge in [-0.1, -0.05) is 25.5 Å². The van der Waals surface area contributed by atoms with E-state index in [1.165, 1.54) is 0 Å². The van der Waals surface area contributed by atoms with E-state index < -0.39 is 0 Å². The van der Waals surface area contributed by atoms with E-state index >= 15 is 0 Å². The van der Waals surface area contributed by atoms with Gasteiger partial charge in [0.1, 0.15) is 15.3 Å². The first-order valence-electron chi connectivity index (χ1n) is 5.53. The van der Waals surface area contributed by atoms with Crippen molar-refractivity contribution in [3.05, 3.63) is 21.7 Å². The third-order valence-electron chi connectivity index (χ3n) is 2.37. The number of nitrogens with one attached hydrogen (secondary N) is 1. The topological polar surface area (TPSA) is 80.5 Å². The van der Waals surface area contributed by atoms with Gasteiger partial charge in [-0.3, -0.25) is 5.10 Å². The number of rotatable bonds is 4. The summed E-state index contributed by atoms with van der Waals surface area (Å²) < 4.78 is 0.878. The number of H-pyrrole nitrogens is 1. The summed E-state index contributed by atoms with van der Waals surface area (Å²) in [6, 6.07) is 0. The Bertz CT molecular complexity index is 546. The van der Waals surface area contributed by atoms with Gasteiger partial charge in [-0.05, 0) is 29.0 Å². The second kappa shape index (κ2) is 5.44. The molecule has 17 heavy (non-hydrogen) atoms. The molecule has 0 aliphatic heterocycles. The van der Waals surface area contributed by atoms with E-state index in [1.54, 1.807) is 0 Å². The lowest BCUT2D eigenvalue weighted by Gasteiger charge is -1.99. The Labute approximate surface area is 113 Å². The molecule has 2 aromatic heterocycles. The predicted octanol–water partition coefficient (Wildman–Crippen LogP) is 2.44. The van der Waals surface area contributed by atoms with Crippen molar-refractivity contribution in [3.63, 3.8) is 0 Å². The van der Waals surface area contributed by atoms with Crippen LogP contribution in [-0.2, 0) is 6.42 Å². The molecule has 0 saturated heterocycles. The number of aromatic nitrogens is 4. The van der Waals surface area contributed by atoms with Gasteiger partial charge in [0.25, 0.3) is 0 Å². The highest BCUT2D eigenvalue weighted by atomic mass is 127. The smallest absolute Gasteiger partial charge is 0.187 e. The number of halogens is 1. The summed E-state index contributed by atoms with van der Waals surface area (Å²) >= 11 is 2.14. The van der Waals surface area contributed by atoms with Crippen LogP contribution in [0.25, 0.3) is 11.0 Å². The Kier molecular flexibility index (Phi) is 3.93. The van der Waals surface area contributed by atoms with Gasteiger partial charge in [0, 0.05) is 6.42 Å². The molecule has 0 aliphatic rings.